The molecule has 174 valence electrons. The molecule has 1 N–H and O–H groups in total. The molecule has 13 heteroatoms. The lowest BCUT2D eigenvalue weighted by atomic mass is 9.94. The average Bonchev–Trinajstić information content (AvgIpc) is 2.54. The Hall–Kier alpha value is -1.30. The Morgan fingerprint density at radius 3 is 1.31 bits per heavy atom. The maximum Gasteiger partial charge on any atom is 0.460 e. The topological polar surface area (TPSA) is 37.3 Å². The zero-order chi connectivity index (χ0) is 23.1. The fraction of sp³-hybridized carbons (Fsp3) is 0.938. The summed E-state index contributed by atoms with van der Waals surface area (Å²) in [6, 6.07) is 0. The van der Waals surface area contributed by atoms with Crippen LogP contribution < -0.4 is 0 Å². The summed E-state index contributed by atoms with van der Waals surface area (Å²) in [5, 5.41) is 8.41. The van der Waals surface area contributed by atoms with Crippen LogP contribution in [-0.4, -0.2) is 40.9 Å². The standard InChI is InChI=1S/C16H21F11O2/c17-12(18,10-8-6-4-2-1-3-5-7-9-11(28)29)13(19,20)14(21,22)15(23,24)16(25,26)27/h1-10H2,(H,28,29). The monoisotopic (exact) mass is 454 g/mol. The molecule has 0 aliphatic heterocycles. The number of carboxylic acid groups (broad SMARTS) is 1. The Balaban J connectivity index is 4.54. The maximum absolute atomic E-state index is 13.4. The Bertz CT molecular complexity index is 515. The summed E-state index contributed by atoms with van der Waals surface area (Å²) in [5.41, 5.74) is 0. The first-order chi connectivity index (χ1) is 12.9. The summed E-state index contributed by atoms with van der Waals surface area (Å²) in [7, 11) is 0. The van der Waals surface area contributed by atoms with Gasteiger partial charge in [0, 0.05) is 12.8 Å². The summed E-state index contributed by atoms with van der Waals surface area (Å²) in [5.74, 6) is -28.3. The number of hydrogen-bond donors (Lipinski definition) is 1. The van der Waals surface area contributed by atoms with E-state index in [1.54, 1.807) is 0 Å². The molecule has 0 spiro atoms. The first kappa shape index (κ1) is 27.7. The van der Waals surface area contributed by atoms with Crippen molar-refractivity contribution in [2.75, 3.05) is 0 Å². The lowest BCUT2D eigenvalue weighted by molar-refractivity contribution is -0.422. The van der Waals surface area contributed by atoms with E-state index in [0.29, 0.717) is 32.1 Å². The fourth-order valence-corrected chi connectivity index (χ4v) is 2.45. The molecular formula is C16H21F11O2. The molecule has 0 fully saturated rings. The van der Waals surface area contributed by atoms with Crippen molar-refractivity contribution >= 4 is 5.97 Å². The van der Waals surface area contributed by atoms with Crippen molar-refractivity contribution < 1.29 is 58.2 Å². The summed E-state index contributed by atoms with van der Waals surface area (Å²) in [4.78, 5) is 10.3. The Morgan fingerprint density at radius 2 is 0.931 bits per heavy atom. The van der Waals surface area contributed by atoms with E-state index in [0.717, 1.165) is 0 Å². The SMILES string of the molecule is O=C(O)CCCCCCCCCCC(F)(F)C(F)(F)C(F)(F)C(F)(F)C(F)(F)F. The second-order valence-electron chi connectivity index (χ2n) is 6.65. The number of aliphatic carboxylic acids is 1. The molecule has 0 aromatic carbocycles. The van der Waals surface area contributed by atoms with Crippen LogP contribution in [0.4, 0.5) is 48.3 Å². The van der Waals surface area contributed by atoms with E-state index >= 15 is 0 Å². The maximum atomic E-state index is 13.4. The lowest BCUT2D eigenvalue weighted by Gasteiger charge is -2.37. The third kappa shape index (κ3) is 6.87. The molecule has 0 aromatic rings. The van der Waals surface area contributed by atoms with E-state index in [-0.39, 0.29) is 19.3 Å². The number of carbonyl (C=O) groups is 1. The van der Waals surface area contributed by atoms with E-state index in [2.05, 4.69) is 0 Å². The second kappa shape index (κ2) is 10.1. The molecule has 29 heavy (non-hydrogen) atoms. The van der Waals surface area contributed by atoms with Crippen molar-refractivity contribution in [3.8, 4) is 0 Å². The first-order valence-corrected chi connectivity index (χ1v) is 8.71. The molecule has 0 heterocycles. The number of hydrogen-bond acceptors (Lipinski definition) is 1. The van der Waals surface area contributed by atoms with Gasteiger partial charge in [-0.25, -0.2) is 0 Å². The highest BCUT2D eigenvalue weighted by Gasteiger charge is 2.86. The smallest absolute Gasteiger partial charge is 0.460 e. The van der Waals surface area contributed by atoms with Crippen molar-refractivity contribution in [3.05, 3.63) is 0 Å². The molecule has 0 aliphatic carbocycles. The van der Waals surface area contributed by atoms with Gasteiger partial charge in [0.05, 0.1) is 0 Å². The first-order valence-electron chi connectivity index (χ1n) is 8.71. The highest BCUT2D eigenvalue weighted by atomic mass is 19.4. The van der Waals surface area contributed by atoms with E-state index < -0.39 is 48.7 Å². The van der Waals surface area contributed by atoms with Crippen LogP contribution in [0.1, 0.15) is 64.2 Å². The molecule has 2 nitrogen and oxygen atoms in total. The minimum absolute atomic E-state index is 0.0126. The fourth-order valence-electron chi connectivity index (χ4n) is 2.45. The van der Waals surface area contributed by atoms with E-state index in [4.69, 9.17) is 5.11 Å². The van der Waals surface area contributed by atoms with Crippen LogP contribution in [0.15, 0.2) is 0 Å². The van der Waals surface area contributed by atoms with Gasteiger partial charge >= 0.3 is 35.8 Å². The van der Waals surface area contributed by atoms with Crippen LogP contribution in [-0.2, 0) is 4.79 Å². The number of carboxylic acids is 1. The quantitative estimate of drug-likeness (QED) is 0.225. The predicted octanol–water partition coefficient (Wildman–Crippen LogP) is 7.08. The van der Waals surface area contributed by atoms with Gasteiger partial charge in [0.2, 0.25) is 0 Å². The van der Waals surface area contributed by atoms with Gasteiger partial charge in [-0.2, -0.15) is 48.3 Å². The van der Waals surface area contributed by atoms with Gasteiger partial charge in [0.15, 0.2) is 0 Å². The van der Waals surface area contributed by atoms with Crippen LogP contribution >= 0.6 is 0 Å². The molecule has 0 amide bonds. The molecule has 0 unspecified atom stereocenters. The van der Waals surface area contributed by atoms with Gasteiger partial charge < -0.3 is 5.11 Å². The highest BCUT2D eigenvalue weighted by molar-refractivity contribution is 5.66. The van der Waals surface area contributed by atoms with Crippen LogP contribution in [0, 0.1) is 0 Å². The molecule has 0 rings (SSSR count). The normalized spacial score (nSPS) is 14.3. The van der Waals surface area contributed by atoms with Gasteiger partial charge in [0.25, 0.3) is 0 Å². The Labute approximate surface area is 159 Å². The van der Waals surface area contributed by atoms with Gasteiger partial charge in [0.1, 0.15) is 0 Å². The van der Waals surface area contributed by atoms with Gasteiger partial charge in [-0.1, -0.05) is 38.5 Å². The molecule has 0 atom stereocenters. The van der Waals surface area contributed by atoms with Crippen molar-refractivity contribution in [3.63, 3.8) is 0 Å². The Kier molecular flexibility index (Phi) is 9.69. The van der Waals surface area contributed by atoms with Crippen LogP contribution in [0.5, 0.6) is 0 Å². The van der Waals surface area contributed by atoms with E-state index in [1.807, 2.05) is 0 Å². The second-order valence-corrected chi connectivity index (χ2v) is 6.65. The third-order valence-corrected chi connectivity index (χ3v) is 4.24. The van der Waals surface area contributed by atoms with Gasteiger partial charge in [-0.15, -0.1) is 0 Å². The van der Waals surface area contributed by atoms with Gasteiger partial charge in [-0.3, -0.25) is 4.79 Å². The molecule has 0 bridgehead atoms. The minimum atomic E-state index is -7.34. The van der Waals surface area contributed by atoms with Crippen molar-refractivity contribution in [1.29, 1.82) is 0 Å². The largest absolute Gasteiger partial charge is 0.481 e. The number of halogens is 11. The minimum Gasteiger partial charge on any atom is -0.481 e. The van der Waals surface area contributed by atoms with Crippen LogP contribution in [0.3, 0.4) is 0 Å². The summed E-state index contributed by atoms with van der Waals surface area (Å²) in [6.45, 7) is 0. The molecule has 0 saturated heterocycles. The summed E-state index contributed by atoms with van der Waals surface area (Å²) in [6.07, 6.45) is -7.18. The molecule has 0 radical (unpaired) electrons. The van der Waals surface area contributed by atoms with Crippen molar-refractivity contribution in [2.24, 2.45) is 0 Å². The van der Waals surface area contributed by atoms with Crippen LogP contribution in [0.25, 0.3) is 0 Å². The zero-order valence-electron chi connectivity index (χ0n) is 15.1. The molecule has 0 saturated carbocycles. The van der Waals surface area contributed by atoms with E-state index in [1.165, 1.54) is 0 Å². The third-order valence-electron chi connectivity index (χ3n) is 4.24. The molecule has 0 aliphatic rings. The highest BCUT2D eigenvalue weighted by Crippen LogP contribution is 2.58. The van der Waals surface area contributed by atoms with Crippen LogP contribution in [0.2, 0.25) is 0 Å². The molecular weight excluding hydrogens is 433 g/mol. The number of alkyl halides is 11. The summed E-state index contributed by atoms with van der Waals surface area (Å²) >= 11 is 0. The van der Waals surface area contributed by atoms with Gasteiger partial charge in [-0.05, 0) is 12.8 Å². The van der Waals surface area contributed by atoms with Crippen molar-refractivity contribution in [2.45, 2.75) is 94.1 Å². The van der Waals surface area contributed by atoms with E-state index in [9.17, 15) is 53.1 Å². The molecule has 0 aromatic heterocycles. The zero-order valence-corrected chi connectivity index (χ0v) is 15.1. The Morgan fingerprint density at radius 1 is 0.552 bits per heavy atom. The predicted molar refractivity (Wildman–Crippen MR) is 79.6 cm³/mol. The number of rotatable bonds is 14. The average molecular weight is 454 g/mol. The number of unbranched alkanes of at least 4 members (excludes halogenated alkanes) is 7. The van der Waals surface area contributed by atoms with Crippen molar-refractivity contribution in [1.82, 2.24) is 0 Å². The lowest BCUT2D eigenvalue weighted by Crippen LogP contribution is -2.66. The summed E-state index contributed by atoms with van der Waals surface area (Å²) < 4.78 is 141.